The van der Waals surface area contributed by atoms with Crippen LogP contribution in [0.5, 0.6) is 0 Å². The lowest BCUT2D eigenvalue weighted by Gasteiger charge is -2.10. The molecule has 0 amide bonds. The average molecular weight is 210 g/mol. The number of hydrogen-bond donors (Lipinski definition) is 2. The van der Waals surface area contributed by atoms with E-state index in [1.165, 1.54) is 0 Å². The summed E-state index contributed by atoms with van der Waals surface area (Å²) in [5.41, 5.74) is 0. The summed E-state index contributed by atoms with van der Waals surface area (Å²) < 4.78 is 19.1. The van der Waals surface area contributed by atoms with Crippen molar-refractivity contribution < 1.29 is 28.4 Å². The summed E-state index contributed by atoms with van der Waals surface area (Å²) in [4.78, 5) is 18.5. The molecule has 0 bridgehead atoms. The third-order valence-electron chi connectivity index (χ3n) is 1.05. The van der Waals surface area contributed by atoms with Gasteiger partial charge in [0, 0.05) is 7.11 Å². The maximum Gasteiger partial charge on any atom is 0.472 e. The number of phosphoric acid groups is 1. The van der Waals surface area contributed by atoms with Crippen LogP contribution in [0.3, 0.4) is 0 Å². The van der Waals surface area contributed by atoms with Crippen molar-refractivity contribution in [3.8, 4) is 0 Å². The predicted molar refractivity (Wildman–Crippen MR) is 44.0 cm³/mol. The third kappa shape index (κ3) is 6.62. The van der Waals surface area contributed by atoms with Gasteiger partial charge in [0.1, 0.15) is 6.29 Å². The van der Waals surface area contributed by atoms with E-state index < -0.39 is 20.5 Å². The summed E-state index contributed by atoms with van der Waals surface area (Å²) in [6, 6.07) is 0. The Hall–Kier alpha value is -0.520. The molecular formula is C6H11O6P. The van der Waals surface area contributed by atoms with E-state index in [0.29, 0.717) is 6.29 Å². The smallest absolute Gasteiger partial charge is 0.387 e. The van der Waals surface area contributed by atoms with E-state index in [1.54, 1.807) is 0 Å². The van der Waals surface area contributed by atoms with E-state index in [9.17, 15) is 9.36 Å². The number of allylic oxidation sites excluding steroid dienone is 1. The molecule has 2 N–H and O–H groups in total. The number of carbonyl (C=O) groups excluding carboxylic acids is 1. The maximum absolute atomic E-state index is 10.7. The van der Waals surface area contributed by atoms with Crippen molar-refractivity contribution in [1.29, 1.82) is 0 Å². The van der Waals surface area contributed by atoms with Crippen molar-refractivity contribution in [3.05, 3.63) is 12.2 Å². The SMILES string of the molecule is COP(=O)(O)OCC(O)C=CC=O. The van der Waals surface area contributed by atoms with Crippen LogP contribution in [0.2, 0.25) is 0 Å². The summed E-state index contributed by atoms with van der Waals surface area (Å²) in [6.07, 6.45) is 1.55. The highest BCUT2D eigenvalue weighted by molar-refractivity contribution is 7.47. The van der Waals surface area contributed by atoms with Crippen LogP contribution in [0, 0.1) is 0 Å². The van der Waals surface area contributed by atoms with Crippen LogP contribution in [-0.2, 0) is 18.4 Å². The molecule has 0 fully saturated rings. The van der Waals surface area contributed by atoms with Gasteiger partial charge in [0.25, 0.3) is 0 Å². The van der Waals surface area contributed by atoms with E-state index in [0.717, 1.165) is 19.3 Å². The topological polar surface area (TPSA) is 93.1 Å². The van der Waals surface area contributed by atoms with Crippen molar-refractivity contribution in [2.24, 2.45) is 0 Å². The highest BCUT2D eigenvalue weighted by Gasteiger charge is 2.19. The lowest BCUT2D eigenvalue weighted by atomic mass is 10.3. The van der Waals surface area contributed by atoms with Gasteiger partial charge in [0.15, 0.2) is 0 Å². The monoisotopic (exact) mass is 210 g/mol. The molecule has 2 atom stereocenters. The second-order valence-electron chi connectivity index (χ2n) is 2.04. The molecule has 0 saturated carbocycles. The van der Waals surface area contributed by atoms with Gasteiger partial charge in [-0.1, -0.05) is 6.08 Å². The fraction of sp³-hybridized carbons (Fsp3) is 0.500. The number of carbonyl (C=O) groups is 1. The minimum Gasteiger partial charge on any atom is -0.387 e. The van der Waals surface area contributed by atoms with Crippen LogP contribution < -0.4 is 0 Å². The van der Waals surface area contributed by atoms with Gasteiger partial charge in [-0.25, -0.2) is 4.57 Å². The molecule has 6 nitrogen and oxygen atoms in total. The molecule has 76 valence electrons. The first-order valence-electron chi connectivity index (χ1n) is 3.35. The Bertz CT molecular complexity index is 225. The maximum atomic E-state index is 10.7. The molecule has 13 heavy (non-hydrogen) atoms. The molecule has 0 aliphatic carbocycles. The second kappa shape index (κ2) is 6.01. The van der Waals surface area contributed by atoms with E-state index >= 15 is 0 Å². The lowest BCUT2D eigenvalue weighted by molar-refractivity contribution is -0.104. The largest absolute Gasteiger partial charge is 0.472 e. The highest BCUT2D eigenvalue weighted by atomic mass is 31.2. The van der Waals surface area contributed by atoms with E-state index in [1.807, 2.05) is 0 Å². The third-order valence-corrected chi connectivity index (χ3v) is 1.99. The standard InChI is InChI=1S/C6H11O6P/c1-11-13(9,10)12-5-6(8)3-2-4-7/h2-4,6,8H,5H2,1H3,(H,9,10). The van der Waals surface area contributed by atoms with Crippen molar-refractivity contribution in [1.82, 2.24) is 0 Å². The van der Waals surface area contributed by atoms with Gasteiger partial charge >= 0.3 is 7.82 Å². The molecule has 2 unspecified atom stereocenters. The lowest BCUT2D eigenvalue weighted by Crippen LogP contribution is -2.11. The molecule has 0 aromatic carbocycles. The van der Waals surface area contributed by atoms with Gasteiger partial charge in [-0.2, -0.15) is 0 Å². The molecule has 0 rings (SSSR count). The fourth-order valence-corrected chi connectivity index (χ4v) is 0.899. The van der Waals surface area contributed by atoms with E-state index in [2.05, 4.69) is 9.05 Å². The van der Waals surface area contributed by atoms with Crippen molar-refractivity contribution in [2.75, 3.05) is 13.7 Å². The molecule has 0 aromatic rings. The number of aliphatic hydroxyl groups is 1. The van der Waals surface area contributed by atoms with E-state index in [4.69, 9.17) is 10.00 Å². The molecule has 0 saturated heterocycles. The van der Waals surface area contributed by atoms with Gasteiger partial charge in [0.05, 0.1) is 12.7 Å². The van der Waals surface area contributed by atoms with Crippen LogP contribution in [0.25, 0.3) is 0 Å². The molecule has 0 aromatic heterocycles. The van der Waals surface area contributed by atoms with Crippen LogP contribution in [0.15, 0.2) is 12.2 Å². The summed E-state index contributed by atoms with van der Waals surface area (Å²) in [5, 5.41) is 8.98. The number of rotatable bonds is 6. The minimum absolute atomic E-state index is 0.411. The molecule has 0 spiro atoms. The zero-order valence-electron chi connectivity index (χ0n) is 6.99. The first-order valence-corrected chi connectivity index (χ1v) is 4.84. The average Bonchev–Trinajstić information content (AvgIpc) is 2.11. The Morgan fingerprint density at radius 3 is 2.69 bits per heavy atom. The van der Waals surface area contributed by atoms with Crippen LogP contribution in [-0.4, -0.2) is 36.1 Å². The first kappa shape index (κ1) is 12.5. The van der Waals surface area contributed by atoms with Crippen molar-refractivity contribution in [2.45, 2.75) is 6.10 Å². The Labute approximate surface area is 75.4 Å². The van der Waals surface area contributed by atoms with E-state index in [-0.39, 0.29) is 0 Å². The predicted octanol–water partition coefficient (Wildman–Crippen LogP) is -0.134. The molecule has 7 heteroatoms. The second-order valence-corrected chi connectivity index (χ2v) is 3.60. The Morgan fingerprint density at radius 2 is 2.23 bits per heavy atom. The highest BCUT2D eigenvalue weighted by Crippen LogP contribution is 2.41. The fourth-order valence-electron chi connectivity index (χ4n) is 0.452. The molecular weight excluding hydrogens is 199 g/mol. The number of aliphatic hydroxyl groups excluding tert-OH is 1. The van der Waals surface area contributed by atoms with Gasteiger partial charge in [0.2, 0.25) is 0 Å². The number of aldehydes is 1. The summed E-state index contributed by atoms with van der Waals surface area (Å²) in [5.74, 6) is 0. The molecule has 0 aliphatic heterocycles. The Balaban J connectivity index is 3.82. The van der Waals surface area contributed by atoms with Crippen LogP contribution >= 0.6 is 7.82 Å². The van der Waals surface area contributed by atoms with Gasteiger partial charge in [-0.05, 0) is 6.08 Å². The van der Waals surface area contributed by atoms with Gasteiger partial charge in [-0.15, -0.1) is 0 Å². The van der Waals surface area contributed by atoms with Crippen LogP contribution in [0.1, 0.15) is 0 Å². The van der Waals surface area contributed by atoms with Gasteiger partial charge < -0.3 is 10.00 Å². The molecule has 0 aliphatic rings. The minimum atomic E-state index is -4.04. The zero-order chi connectivity index (χ0) is 10.3. The number of phosphoric ester groups is 1. The molecule has 0 radical (unpaired) electrons. The number of hydrogen-bond acceptors (Lipinski definition) is 5. The first-order chi connectivity index (χ1) is 6.02. The van der Waals surface area contributed by atoms with Crippen LogP contribution in [0.4, 0.5) is 0 Å². The normalized spacial score (nSPS) is 18.4. The van der Waals surface area contributed by atoms with Crippen molar-refractivity contribution in [3.63, 3.8) is 0 Å². The Kier molecular flexibility index (Phi) is 5.77. The van der Waals surface area contributed by atoms with Gasteiger partial charge in [-0.3, -0.25) is 13.8 Å². The Morgan fingerprint density at radius 1 is 1.62 bits per heavy atom. The summed E-state index contributed by atoms with van der Waals surface area (Å²) >= 11 is 0. The summed E-state index contributed by atoms with van der Waals surface area (Å²) in [6.45, 7) is -0.411. The zero-order valence-corrected chi connectivity index (χ0v) is 7.89. The van der Waals surface area contributed by atoms with Crippen molar-refractivity contribution >= 4 is 14.1 Å². The molecule has 0 heterocycles. The summed E-state index contributed by atoms with van der Waals surface area (Å²) in [7, 11) is -3.03. The quantitative estimate of drug-likeness (QED) is 0.360.